The highest BCUT2D eigenvalue weighted by atomic mass is 32.1. The Balaban J connectivity index is 1.48. The second kappa shape index (κ2) is 11.3. The predicted octanol–water partition coefficient (Wildman–Crippen LogP) is 3.93. The molecule has 3 aromatic heterocycles. The zero-order valence-corrected chi connectivity index (χ0v) is 25.4. The maximum Gasteiger partial charge on any atom is 0.186 e. The minimum Gasteiger partial charge on any atom is -0.395 e. The number of nitrogens with one attached hydrogen (secondary N) is 2. The van der Waals surface area contributed by atoms with Crippen LogP contribution in [0.5, 0.6) is 0 Å². The van der Waals surface area contributed by atoms with Gasteiger partial charge in [-0.3, -0.25) is 0 Å². The Morgan fingerprint density at radius 2 is 2.12 bits per heavy atom. The van der Waals surface area contributed by atoms with Gasteiger partial charge in [-0.1, -0.05) is 5.16 Å². The molecule has 12 heteroatoms. The number of aryl methyl sites for hydroxylation is 1. The van der Waals surface area contributed by atoms with Gasteiger partial charge in [0.05, 0.1) is 23.1 Å². The summed E-state index contributed by atoms with van der Waals surface area (Å²) in [5.74, 6) is 2.36. The summed E-state index contributed by atoms with van der Waals surface area (Å²) >= 11 is 1.53. The molecule has 1 fully saturated rings. The summed E-state index contributed by atoms with van der Waals surface area (Å²) in [5.41, 5.74) is 9.65. The van der Waals surface area contributed by atoms with Gasteiger partial charge in [0.2, 0.25) is 0 Å². The van der Waals surface area contributed by atoms with Gasteiger partial charge >= 0.3 is 0 Å². The number of hydrogen-bond acceptors (Lipinski definition) is 12. The fourth-order valence-corrected chi connectivity index (χ4v) is 8.61. The second-order valence-corrected chi connectivity index (χ2v) is 13.1. The van der Waals surface area contributed by atoms with Crippen molar-refractivity contribution < 1.29 is 9.63 Å². The topological polar surface area (TPSA) is 164 Å². The number of fused-ring (bicyclic) bond motifs is 4. The zero-order valence-electron chi connectivity index (χ0n) is 24.5. The summed E-state index contributed by atoms with van der Waals surface area (Å²) in [4.78, 5) is 15.3. The molecule has 0 saturated carbocycles. The van der Waals surface area contributed by atoms with Gasteiger partial charge < -0.3 is 35.9 Å². The molecule has 4 heterocycles. The molecule has 2 aliphatic carbocycles. The third-order valence-corrected chi connectivity index (χ3v) is 10.5. The minimum atomic E-state index is -0.431. The summed E-state index contributed by atoms with van der Waals surface area (Å²) in [7, 11) is 4.00. The Bertz CT molecular complexity index is 1540. The van der Waals surface area contributed by atoms with Crippen molar-refractivity contribution in [3.05, 3.63) is 32.9 Å². The maximum atomic E-state index is 10.0. The van der Waals surface area contributed by atoms with Crippen LogP contribution < -0.4 is 16.0 Å². The Morgan fingerprint density at radius 3 is 2.81 bits per heavy atom. The fourth-order valence-electron chi connectivity index (χ4n) is 7.45. The first-order valence-electron chi connectivity index (χ1n) is 14.8. The molecule has 5 N–H and O–H groups in total. The molecule has 1 saturated heterocycles. The van der Waals surface area contributed by atoms with E-state index in [9.17, 15) is 10.4 Å². The van der Waals surface area contributed by atoms with Crippen LogP contribution >= 0.6 is 11.3 Å². The number of nitrogens with zero attached hydrogens (tertiary/aromatic N) is 6. The molecule has 0 radical (unpaired) electrons. The van der Waals surface area contributed by atoms with Gasteiger partial charge in [0, 0.05) is 42.3 Å². The van der Waals surface area contributed by atoms with E-state index in [0.29, 0.717) is 51.9 Å². The van der Waals surface area contributed by atoms with Crippen molar-refractivity contribution in [1.29, 1.82) is 10.7 Å². The lowest BCUT2D eigenvalue weighted by molar-refractivity contribution is 0.265. The molecular weight excluding hydrogens is 550 g/mol. The summed E-state index contributed by atoms with van der Waals surface area (Å²) in [6.07, 6.45) is 8.90. The number of thiophene rings is 1. The number of nitrogens with two attached hydrogens (primary N) is 1. The lowest BCUT2D eigenvalue weighted by Gasteiger charge is -2.39. The summed E-state index contributed by atoms with van der Waals surface area (Å²) in [6.45, 7) is 3.53. The van der Waals surface area contributed by atoms with E-state index >= 15 is 0 Å². The number of likely N-dealkylation sites (N-methyl/N-ethyl adjacent to an activating group) is 2. The molecule has 11 nitrogen and oxygen atoms in total. The first-order chi connectivity index (χ1) is 20.3. The molecule has 1 aliphatic heterocycles. The number of likely N-dealkylation sites (tertiary alicyclic amines) is 1. The number of aliphatic hydroxyl groups excluding tert-OH is 1. The van der Waals surface area contributed by atoms with Gasteiger partial charge in [-0.05, 0) is 77.4 Å². The Kier molecular flexibility index (Phi) is 7.68. The van der Waals surface area contributed by atoms with Crippen molar-refractivity contribution in [1.82, 2.24) is 20.0 Å². The van der Waals surface area contributed by atoms with Crippen LogP contribution in [0, 0.1) is 16.7 Å². The van der Waals surface area contributed by atoms with E-state index in [1.807, 2.05) is 11.9 Å². The van der Waals surface area contributed by atoms with Crippen molar-refractivity contribution in [3.63, 3.8) is 0 Å². The molecule has 3 aliphatic rings. The molecule has 222 valence electrons. The van der Waals surface area contributed by atoms with Crippen LogP contribution in [-0.2, 0) is 18.3 Å². The van der Waals surface area contributed by atoms with Crippen molar-refractivity contribution in [2.75, 3.05) is 49.7 Å². The summed E-state index contributed by atoms with van der Waals surface area (Å²) < 4.78 is 6.22. The van der Waals surface area contributed by atoms with Crippen molar-refractivity contribution in [2.45, 2.75) is 75.8 Å². The first kappa shape index (κ1) is 28.6. The first-order valence-corrected chi connectivity index (χ1v) is 15.7. The number of aliphatic hydroxyl groups is 1. The smallest absolute Gasteiger partial charge is 0.186 e. The second-order valence-electron chi connectivity index (χ2n) is 11.9. The van der Waals surface area contributed by atoms with Crippen molar-refractivity contribution in [3.8, 4) is 17.6 Å². The quantitative estimate of drug-likeness (QED) is 0.283. The van der Waals surface area contributed by atoms with Crippen molar-refractivity contribution >= 4 is 34.2 Å². The number of anilines is 3. The molecule has 3 aromatic rings. The predicted molar refractivity (Wildman–Crippen MR) is 165 cm³/mol. The largest absolute Gasteiger partial charge is 0.395 e. The van der Waals surface area contributed by atoms with E-state index in [4.69, 9.17) is 25.6 Å². The van der Waals surface area contributed by atoms with E-state index in [0.717, 1.165) is 74.8 Å². The van der Waals surface area contributed by atoms with Gasteiger partial charge in [0.15, 0.2) is 17.3 Å². The average molecular weight is 590 g/mol. The van der Waals surface area contributed by atoms with Gasteiger partial charge in [-0.2, -0.15) is 5.26 Å². The van der Waals surface area contributed by atoms with Crippen LogP contribution in [0.3, 0.4) is 0 Å². The Morgan fingerprint density at radius 1 is 1.33 bits per heavy atom. The summed E-state index contributed by atoms with van der Waals surface area (Å²) in [6, 6.07) is 2.83. The number of nitrogen functional groups attached to an aromatic ring is 1. The monoisotopic (exact) mass is 589 g/mol. The lowest BCUT2D eigenvalue weighted by atomic mass is 9.63. The minimum absolute atomic E-state index is 0.0471. The molecule has 1 spiro atoms. The molecule has 0 bridgehead atoms. The molecule has 6 rings (SSSR count). The number of aromatic nitrogens is 3. The Hall–Kier alpha value is -3.53. The van der Waals surface area contributed by atoms with Crippen LogP contribution in [0.1, 0.15) is 78.3 Å². The molecule has 42 heavy (non-hydrogen) atoms. The highest BCUT2D eigenvalue weighted by Gasteiger charge is 2.49. The molecule has 3 unspecified atom stereocenters. The van der Waals surface area contributed by atoms with Gasteiger partial charge in [0.1, 0.15) is 22.7 Å². The maximum absolute atomic E-state index is 10.0. The number of rotatable bonds is 8. The standard InChI is InChI=1S/C30H39N9O2S/c1-17(21-8-6-12-38(21)2)34-27-20(16-32)29(39(3)13-14-40)36-28(35-27)24-18-7-4-10-30(25(18)41-37-24)11-5-9-22-23(30)19(15-31)26(33)42-22/h16-17,21,32,40H,4-14,33H2,1-3H3,(H,34,35,36). The zero-order chi connectivity index (χ0) is 29.6. The third-order valence-electron chi connectivity index (χ3n) is 9.46. The molecule has 0 amide bonds. The van der Waals surface area contributed by atoms with E-state index in [2.05, 4.69) is 35.4 Å². The van der Waals surface area contributed by atoms with Gasteiger partial charge in [0.25, 0.3) is 0 Å². The normalized spacial score (nSPS) is 22.4. The van der Waals surface area contributed by atoms with Gasteiger partial charge in [-0.15, -0.1) is 11.3 Å². The molecular formula is C30H39N9O2S. The lowest BCUT2D eigenvalue weighted by Crippen LogP contribution is -2.39. The van der Waals surface area contributed by atoms with E-state index in [1.165, 1.54) is 22.4 Å². The molecule has 3 atom stereocenters. The van der Waals surface area contributed by atoms with Crippen LogP contribution in [0.2, 0.25) is 0 Å². The number of nitriles is 1. The Labute approximate surface area is 250 Å². The van der Waals surface area contributed by atoms with Crippen LogP contribution in [-0.4, -0.2) is 77.2 Å². The van der Waals surface area contributed by atoms with E-state index in [1.54, 1.807) is 0 Å². The highest BCUT2D eigenvalue weighted by molar-refractivity contribution is 7.16. The van der Waals surface area contributed by atoms with Crippen LogP contribution in [0.25, 0.3) is 11.5 Å². The average Bonchev–Trinajstić information content (AvgIpc) is 3.70. The highest BCUT2D eigenvalue weighted by Crippen LogP contribution is 2.55. The van der Waals surface area contributed by atoms with E-state index < -0.39 is 5.41 Å². The van der Waals surface area contributed by atoms with Crippen LogP contribution in [0.15, 0.2) is 4.52 Å². The number of hydrogen-bond donors (Lipinski definition) is 4. The fraction of sp³-hybridized carbons (Fsp3) is 0.567. The SMILES string of the molecule is CC(Nc1nc(-c2noc3c2CCCC32CCCc3sc(N)c(C#N)c32)nc(N(C)CCO)c1C=N)C1CCCN1C. The van der Waals surface area contributed by atoms with Crippen molar-refractivity contribution in [2.24, 2.45) is 0 Å². The third kappa shape index (κ3) is 4.55. The summed E-state index contributed by atoms with van der Waals surface area (Å²) in [5, 5.41) is 36.8. The van der Waals surface area contributed by atoms with Gasteiger partial charge in [-0.25, -0.2) is 9.97 Å². The molecule has 0 aromatic carbocycles. The van der Waals surface area contributed by atoms with Crippen LogP contribution in [0.4, 0.5) is 16.6 Å². The van der Waals surface area contributed by atoms with E-state index in [-0.39, 0.29) is 12.6 Å².